The molecule has 0 bridgehead atoms. The van der Waals surface area contributed by atoms with Crippen LogP contribution in [0.4, 0.5) is 4.39 Å². The third-order valence-corrected chi connectivity index (χ3v) is 2.38. The lowest BCUT2D eigenvalue weighted by Gasteiger charge is -1.98. The van der Waals surface area contributed by atoms with Crippen LogP contribution in [0.25, 0.3) is 23.1 Å². The van der Waals surface area contributed by atoms with Gasteiger partial charge in [-0.25, -0.2) is 14.4 Å². The third-order valence-electron chi connectivity index (χ3n) is 2.38. The summed E-state index contributed by atoms with van der Waals surface area (Å²) in [6.45, 7) is 0. The molecule has 0 unspecified atom stereocenters. The first-order valence-corrected chi connectivity index (χ1v) is 5.34. The highest BCUT2D eigenvalue weighted by Gasteiger charge is 2.15. The molecule has 0 amide bonds. The van der Waals surface area contributed by atoms with Crippen LogP contribution in [0.1, 0.15) is 0 Å². The maximum absolute atomic E-state index is 13.1. The van der Waals surface area contributed by atoms with Crippen molar-refractivity contribution in [3.05, 3.63) is 42.5 Å². The zero-order valence-corrected chi connectivity index (χ0v) is 9.49. The van der Waals surface area contributed by atoms with E-state index >= 15 is 0 Å². The standard InChI is InChI=1S/C12H7FN4O2/c13-7-2-3-9(18)8(6-7)12-16-11(17-19-12)10-14-4-1-5-15-10/h1-6,18H. The number of rotatable bonds is 2. The second-order valence-electron chi connectivity index (χ2n) is 3.66. The third kappa shape index (κ3) is 2.13. The fourth-order valence-electron chi connectivity index (χ4n) is 1.52. The largest absolute Gasteiger partial charge is 0.507 e. The highest BCUT2D eigenvalue weighted by Crippen LogP contribution is 2.29. The highest BCUT2D eigenvalue weighted by molar-refractivity contribution is 5.63. The molecule has 0 saturated heterocycles. The maximum atomic E-state index is 13.1. The minimum Gasteiger partial charge on any atom is -0.507 e. The van der Waals surface area contributed by atoms with Gasteiger partial charge in [0.15, 0.2) is 0 Å². The summed E-state index contributed by atoms with van der Waals surface area (Å²) in [7, 11) is 0. The normalized spacial score (nSPS) is 10.6. The average Bonchev–Trinajstić information content (AvgIpc) is 2.92. The van der Waals surface area contributed by atoms with Crippen LogP contribution in [-0.2, 0) is 0 Å². The minimum absolute atomic E-state index is 0.000506. The summed E-state index contributed by atoms with van der Waals surface area (Å²) < 4.78 is 18.1. The summed E-state index contributed by atoms with van der Waals surface area (Å²) in [5.41, 5.74) is 0.120. The summed E-state index contributed by atoms with van der Waals surface area (Å²) in [5.74, 6) is -0.207. The summed E-state index contributed by atoms with van der Waals surface area (Å²) >= 11 is 0. The molecule has 94 valence electrons. The average molecular weight is 258 g/mol. The van der Waals surface area contributed by atoms with Crippen LogP contribution in [0, 0.1) is 5.82 Å². The molecule has 19 heavy (non-hydrogen) atoms. The van der Waals surface area contributed by atoms with Crippen LogP contribution in [0.5, 0.6) is 5.75 Å². The molecule has 3 aromatic rings. The van der Waals surface area contributed by atoms with Gasteiger partial charge in [0.2, 0.25) is 11.6 Å². The summed E-state index contributed by atoms with van der Waals surface area (Å²) in [5, 5.41) is 13.3. The minimum atomic E-state index is -0.511. The number of halogens is 1. The first kappa shape index (κ1) is 11.3. The molecule has 2 heterocycles. The Labute approximate surface area is 106 Å². The number of nitrogens with zero attached hydrogens (tertiary/aromatic N) is 4. The molecule has 1 N–H and O–H groups in total. The van der Waals surface area contributed by atoms with E-state index in [0.29, 0.717) is 0 Å². The zero-order chi connectivity index (χ0) is 13.2. The molecule has 0 saturated carbocycles. The van der Waals surface area contributed by atoms with Gasteiger partial charge >= 0.3 is 0 Å². The van der Waals surface area contributed by atoms with Gasteiger partial charge in [0.1, 0.15) is 11.6 Å². The van der Waals surface area contributed by atoms with Crippen LogP contribution >= 0.6 is 0 Å². The van der Waals surface area contributed by atoms with Crippen LogP contribution < -0.4 is 0 Å². The van der Waals surface area contributed by atoms with E-state index in [0.717, 1.165) is 12.1 Å². The van der Waals surface area contributed by atoms with Gasteiger partial charge in [-0.05, 0) is 24.3 Å². The molecular formula is C12H7FN4O2. The molecule has 0 aliphatic carbocycles. The number of phenolic OH excluding ortho intramolecular Hbond substituents is 1. The molecule has 1 aromatic carbocycles. The highest BCUT2D eigenvalue weighted by atomic mass is 19.1. The quantitative estimate of drug-likeness (QED) is 0.757. The summed E-state index contributed by atoms with van der Waals surface area (Å²) in [6, 6.07) is 5.12. The maximum Gasteiger partial charge on any atom is 0.262 e. The fraction of sp³-hybridized carbons (Fsp3) is 0. The Kier molecular flexibility index (Phi) is 2.64. The molecule has 0 aliphatic heterocycles. The number of hydrogen-bond acceptors (Lipinski definition) is 6. The van der Waals surface area contributed by atoms with Crippen molar-refractivity contribution in [2.75, 3.05) is 0 Å². The Morgan fingerprint density at radius 3 is 2.68 bits per heavy atom. The molecular weight excluding hydrogens is 251 g/mol. The predicted octanol–water partition coefficient (Wildman–Crippen LogP) is 2.04. The van der Waals surface area contributed by atoms with E-state index in [9.17, 15) is 9.50 Å². The van der Waals surface area contributed by atoms with Crippen molar-refractivity contribution < 1.29 is 14.0 Å². The van der Waals surface area contributed by atoms with Gasteiger partial charge < -0.3 is 9.63 Å². The molecule has 0 radical (unpaired) electrons. The fourth-order valence-corrected chi connectivity index (χ4v) is 1.52. The van der Waals surface area contributed by atoms with Crippen molar-refractivity contribution in [3.8, 4) is 28.9 Å². The van der Waals surface area contributed by atoms with E-state index in [2.05, 4.69) is 20.1 Å². The van der Waals surface area contributed by atoms with Gasteiger partial charge in [-0.2, -0.15) is 4.98 Å². The lowest BCUT2D eigenvalue weighted by molar-refractivity contribution is 0.424. The van der Waals surface area contributed by atoms with E-state index in [-0.39, 0.29) is 28.9 Å². The summed E-state index contributed by atoms with van der Waals surface area (Å²) in [6.07, 6.45) is 3.08. The van der Waals surface area contributed by atoms with Gasteiger partial charge in [-0.15, -0.1) is 0 Å². The monoisotopic (exact) mass is 258 g/mol. The predicted molar refractivity (Wildman–Crippen MR) is 62.4 cm³/mol. The lowest BCUT2D eigenvalue weighted by atomic mass is 10.2. The smallest absolute Gasteiger partial charge is 0.262 e. The topological polar surface area (TPSA) is 84.9 Å². The zero-order valence-electron chi connectivity index (χ0n) is 9.49. The number of aromatic nitrogens is 4. The van der Waals surface area contributed by atoms with Gasteiger partial charge in [0.25, 0.3) is 5.89 Å². The Morgan fingerprint density at radius 2 is 1.89 bits per heavy atom. The van der Waals surface area contributed by atoms with Crippen LogP contribution in [-0.4, -0.2) is 25.2 Å². The van der Waals surface area contributed by atoms with Crippen LogP contribution in [0.3, 0.4) is 0 Å². The van der Waals surface area contributed by atoms with E-state index in [4.69, 9.17) is 4.52 Å². The molecule has 3 rings (SSSR count). The van der Waals surface area contributed by atoms with Gasteiger partial charge in [0.05, 0.1) is 5.56 Å². The number of hydrogen-bond donors (Lipinski definition) is 1. The van der Waals surface area contributed by atoms with Crippen LogP contribution in [0.2, 0.25) is 0 Å². The van der Waals surface area contributed by atoms with E-state index in [1.165, 1.54) is 18.5 Å². The first-order chi connectivity index (χ1) is 9.24. The van der Waals surface area contributed by atoms with Crippen molar-refractivity contribution >= 4 is 0 Å². The molecule has 0 spiro atoms. The van der Waals surface area contributed by atoms with E-state index < -0.39 is 5.82 Å². The SMILES string of the molecule is Oc1ccc(F)cc1-c1nc(-c2ncccn2)no1. The molecule has 7 heteroatoms. The number of phenols is 1. The number of benzene rings is 1. The van der Waals surface area contributed by atoms with Crippen molar-refractivity contribution in [2.45, 2.75) is 0 Å². The molecule has 0 atom stereocenters. The van der Waals surface area contributed by atoms with E-state index in [1.54, 1.807) is 6.07 Å². The van der Waals surface area contributed by atoms with Crippen molar-refractivity contribution in [3.63, 3.8) is 0 Å². The Hall–Kier alpha value is -2.83. The van der Waals surface area contributed by atoms with Crippen molar-refractivity contribution in [1.29, 1.82) is 0 Å². The van der Waals surface area contributed by atoms with Gasteiger partial charge in [-0.1, -0.05) is 5.16 Å². The Bertz CT molecular complexity index is 715. The first-order valence-electron chi connectivity index (χ1n) is 5.34. The summed E-state index contributed by atoms with van der Waals surface area (Å²) in [4.78, 5) is 11.9. The lowest BCUT2D eigenvalue weighted by Crippen LogP contribution is -1.88. The molecule has 2 aromatic heterocycles. The van der Waals surface area contributed by atoms with Crippen LogP contribution in [0.15, 0.2) is 41.2 Å². The second-order valence-corrected chi connectivity index (χ2v) is 3.66. The molecule has 0 aliphatic rings. The number of aromatic hydroxyl groups is 1. The molecule has 6 nitrogen and oxygen atoms in total. The van der Waals surface area contributed by atoms with Gasteiger partial charge in [-0.3, -0.25) is 0 Å². The Morgan fingerprint density at radius 1 is 1.11 bits per heavy atom. The van der Waals surface area contributed by atoms with Gasteiger partial charge in [0, 0.05) is 12.4 Å². The van der Waals surface area contributed by atoms with E-state index in [1.807, 2.05) is 0 Å². The van der Waals surface area contributed by atoms with Crippen molar-refractivity contribution in [1.82, 2.24) is 20.1 Å². The Balaban J connectivity index is 2.04. The second kappa shape index (κ2) is 4.45. The van der Waals surface area contributed by atoms with Crippen molar-refractivity contribution in [2.24, 2.45) is 0 Å². The molecule has 0 fully saturated rings.